The molecule has 5 heteroatoms. The van der Waals surface area contributed by atoms with E-state index >= 15 is 0 Å². The molecule has 1 aliphatic heterocycles. The van der Waals surface area contributed by atoms with Crippen LogP contribution in [-0.2, 0) is 17.8 Å². The molecule has 0 radical (unpaired) electrons. The predicted octanol–water partition coefficient (Wildman–Crippen LogP) is 4.35. The molecule has 4 nitrogen and oxygen atoms in total. The number of piperidine rings is 1. The van der Waals surface area contributed by atoms with Gasteiger partial charge in [0.15, 0.2) is 0 Å². The van der Waals surface area contributed by atoms with Gasteiger partial charge in [0, 0.05) is 38.0 Å². The number of benzene rings is 1. The Bertz CT molecular complexity index is 804. The van der Waals surface area contributed by atoms with Crippen LogP contribution in [-0.4, -0.2) is 40.7 Å². The van der Waals surface area contributed by atoms with Crippen LogP contribution in [0.3, 0.4) is 0 Å². The van der Waals surface area contributed by atoms with E-state index in [1.165, 1.54) is 11.1 Å². The molecule has 0 bridgehead atoms. The Morgan fingerprint density at radius 1 is 1.04 bits per heavy atom. The van der Waals surface area contributed by atoms with Gasteiger partial charge in [-0.1, -0.05) is 24.3 Å². The first-order chi connectivity index (χ1) is 13.6. The second kappa shape index (κ2) is 8.48. The minimum absolute atomic E-state index is 0.157. The average Bonchev–Trinajstić information content (AvgIpc) is 3.40. The largest absolute Gasteiger partial charge is 0.343 e. The number of hydrogen-bond acceptors (Lipinski definition) is 3. The number of thiophene rings is 1. The van der Waals surface area contributed by atoms with Crippen molar-refractivity contribution >= 4 is 23.2 Å². The zero-order valence-corrected chi connectivity index (χ0v) is 17.3. The van der Waals surface area contributed by atoms with Crippen LogP contribution in [0, 0.1) is 5.92 Å². The van der Waals surface area contributed by atoms with E-state index in [2.05, 4.69) is 24.3 Å². The fraction of sp³-hybridized carbons (Fsp3) is 0.478. The van der Waals surface area contributed by atoms with Crippen LogP contribution in [0.5, 0.6) is 0 Å². The van der Waals surface area contributed by atoms with E-state index in [0.29, 0.717) is 18.5 Å². The number of amides is 2. The lowest BCUT2D eigenvalue weighted by Crippen LogP contribution is -2.37. The number of carbonyl (C=O) groups is 2. The summed E-state index contributed by atoms with van der Waals surface area (Å²) in [6.07, 6.45) is 5.49. The van der Waals surface area contributed by atoms with Crippen molar-refractivity contribution in [2.24, 2.45) is 5.92 Å². The van der Waals surface area contributed by atoms with E-state index < -0.39 is 0 Å². The van der Waals surface area contributed by atoms with Crippen LogP contribution < -0.4 is 0 Å². The standard InChI is InChI=1S/C23H28N2O2S/c1-17(26)24-11-8-19(9-12-24)14-18-2-4-20(5-3-18)15-25(22-6-7-22)23(27)21-10-13-28-16-21/h2-5,10,13,16,19,22H,6-9,11-12,14-15H2,1H3. The Hall–Kier alpha value is -2.14. The normalized spacial score (nSPS) is 17.5. The summed E-state index contributed by atoms with van der Waals surface area (Å²) < 4.78 is 0. The van der Waals surface area contributed by atoms with Crippen molar-refractivity contribution in [3.05, 3.63) is 57.8 Å². The van der Waals surface area contributed by atoms with Crippen LogP contribution in [0.4, 0.5) is 0 Å². The lowest BCUT2D eigenvalue weighted by molar-refractivity contribution is -0.130. The van der Waals surface area contributed by atoms with Gasteiger partial charge in [0.1, 0.15) is 0 Å². The maximum atomic E-state index is 12.8. The average molecular weight is 397 g/mol. The van der Waals surface area contributed by atoms with Crippen LogP contribution in [0.1, 0.15) is 54.1 Å². The zero-order chi connectivity index (χ0) is 19.5. The van der Waals surface area contributed by atoms with Gasteiger partial charge < -0.3 is 9.80 Å². The molecule has 0 unspecified atom stereocenters. The molecule has 1 aliphatic carbocycles. The van der Waals surface area contributed by atoms with Crippen LogP contribution in [0.25, 0.3) is 0 Å². The first kappa shape index (κ1) is 19.2. The third-order valence-electron chi connectivity index (χ3n) is 5.98. The van der Waals surface area contributed by atoms with Crippen LogP contribution in [0.2, 0.25) is 0 Å². The van der Waals surface area contributed by atoms with Gasteiger partial charge in [-0.2, -0.15) is 11.3 Å². The fourth-order valence-corrected chi connectivity index (χ4v) is 4.70. The molecule has 28 heavy (non-hydrogen) atoms. The third-order valence-corrected chi connectivity index (χ3v) is 6.66. The van der Waals surface area contributed by atoms with Crippen LogP contribution >= 0.6 is 11.3 Å². The van der Waals surface area contributed by atoms with E-state index in [0.717, 1.165) is 50.8 Å². The lowest BCUT2D eigenvalue weighted by atomic mass is 9.90. The summed E-state index contributed by atoms with van der Waals surface area (Å²) in [4.78, 5) is 28.3. The second-order valence-electron chi connectivity index (χ2n) is 8.15. The van der Waals surface area contributed by atoms with Gasteiger partial charge in [-0.25, -0.2) is 0 Å². The molecule has 0 N–H and O–H groups in total. The fourth-order valence-electron chi connectivity index (χ4n) is 4.07. The monoisotopic (exact) mass is 396 g/mol. The Morgan fingerprint density at radius 3 is 2.29 bits per heavy atom. The number of rotatable bonds is 6. The molecule has 148 valence electrons. The summed E-state index contributed by atoms with van der Waals surface area (Å²) in [6.45, 7) is 4.13. The summed E-state index contributed by atoms with van der Waals surface area (Å²) in [7, 11) is 0. The van der Waals surface area contributed by atoms with Gasteiger partial charge in [0.05, 0.1) is 5.56 Å². The lowest BCUT2D eigenvalue weighted by Gasteiger charge is -2.31. The highest BCUT2D eigenvalue weighted by atomic mass is 32.1. The van der Waals surface area contributed by atoms with E-state index in [9.17, 15) is 9.59 Å². The smallest absolute Gasteiger partial charge is 0.255 e. The number of carbonyl (C=O) groups excluding carboxylic acids is 2. The van der Waals surface area contributed by atoms with Gasteiger partial charge in [-0.3, -0.25) is 9.59 Å². The Kier molecular flexibility index (Phi) is 5.81. The molecule has 1 saturated heterocycles. The van der Waals surface area contributed by atoms with Gasteiger partial charge in [-0.15, -0.1) is 0 Å². The molecule has 2 aliphatic rings. The first-order valence-electron chi connectivity index (χ1n) is 10.3. The predicted molar refractivity (Wildman–Crippen MR) is 112 cm³/mol. The van der Waals surface area contributed by atoms with Gasteiger partial charge in [0.25, 0.3) is 5.91 Å². The highest BCUT2D eigenvalue weighted by Crippen LogP contribution is 2.30. The maximum absolute atomic E-state index is 12.8. The molecule has 2 amide bonds. The van der Waals surface area contributed by atoms with Crippen molar-refractivity contribution in [1.29, 1.82) is 0 Å². The topological polar surface area (TPSA) is 40.6 Å². The summed E-state index contributed by atoms with van der Waals surface area (Å²) in [5, 5.41) is 3.91. The molecule has 1 aromatic carbocycles. The van der Waals surface area contributed by atoms with Crippen molar-refractivity contribution in [3.8, 4) is 0 Å². The number of likely N-dealkylation sites (tertiary alicyclic amines) is 1. The summed E-state index contributed by atoms with van der Waals surface area (Å²) >= 11 is 1.57. The Labute approximate surface area is 171 Å². The molecule has 4 rings (SSSR count). The van der Waals surface area contributed by atoms with Gasteiger partial charge in [-0.05, 0) is 60.6 Å². The Balaban J connectivity index is 1.34. The van der Waals surface area contributed by atoms with Crippen LogP contribution in [0.15, 0.2) is 41.1 Å². The highest BCUT2D eigenvalue weighted by molar-refractivity contribution is 7.08. The first-order valence-corrected chi connectivity index (χ1v) is 11.2. The highest BCUT2D eigenvalue weighted by Gasteiger charge is 2.33. The quantitative estimate of drug-likeness (QED) is 0.728. The van der Waals surface area contributed by atoms with E-state index in [4.69, 9.17) is 0 Å². The summed E-state index contributed by atoms with van der Waals surface area (Å²) in [5.74, 6) is 1.01. The van der Waals surface area contributed by atoms with Crippen molar-refractivity contribution in [2.75, 3.05) is 13.1 Å². The molecular formula is C23H28N2O2S. The van der Waals surface area contributed by atoms with Gasteiger partial charge >= 0.3 is 0 Å². The molecule has 1 saturated carbocycles. The van der Waals surface area contributed by atoms with Gasteiger partial charge in [0.2, 0.25) is 5.91 Å². The second-order valence-corrected chi connectivity index (χ2v) is 8.93. The zero-order valence-electron chi connectivity index (χ0n) is 16.5. The molecule has 2 heterocycles. The van der Waals surface area contributed by atoms with E-state index in [1.807, 2.05) is 26.6 Å². The minimum atomic E-state index is 0.157. The van der Waals surface area contributed by atoms with Crippen molar-refractivity contribution < 1.29 is 9.59 Å². The van der Waals surface area contributed by atoms with Crippen molar-refractivity contribution in [1.82, 2.24) is 9.80 Å². The van der Waals surface area contributed by atoms with E-state index in [-0.39, 0.29) is 11.8 Å². The minimum Gasteiger partial charge on any atom is -0.343 e. The summed E-state index contributed by atoms with van der Waals surface area (Å²) in [6, 6.07) is 11.1. The van der Waals surface area contributed by atoms with E-state index in [1.54, 1.807) is 18.3 Å². The third kappa shape index (κ3) is 4.64. The molecule has 2 fully saturated rings. The molecule has 1 aromatic heterocycles. The van der Waals surface area contributed by atoms with Crippen molar-refractivity contribution in [2.45, 2.75) is 51.6 Å². The molecule has 0 atom stereocenters. The molecular weight excluding hydrogens is 368 g/mol. The molecule has 2 aromatic rings. The summed E-state index contributed by atoms with van der Waals surface area (Å²) in [5.41, 5.74) is 3.36. The SMILES string of the molecule is CC(=O)N1CCC(Cc2ccc(CN(C(=O)c3ccsc3)C3CC3)cc2)CC1. The maximum Gasteiger partial charge on any atom is 0.255 e. The number of hydrogen-bond donors (Lipinski definition) is 0. The number of nitrogens with zero attached hydrogens (tertiary/aromatic N) is 2. The molecule has 0 spiro atoms. The van der Waals surface area contributed by atoms with Crippen molar-refractivity contribution in [3.63, 3.8) is 0 Å². The Morgan fingerprint density at radius 2 is 1.71 bits per heavy atom.